The van der Waals surface area contributed by atoms with Gasteiger partial charge in [-0.05, 0) is 104 Å². The minimum absolute atomic E-state index is 0.263. The van der Waals surface area contributed by atoms with Crippen LogP contribution in [0.2, 0.25) is 5.02 Å². The van der Waals surface area contributed by atoms with Gasteiger partial charge in [0.25, 0.3) is 5.91 Å². The third-order valence-electron chi connectivity index (χ3n) is 6.70. The van der Waals surface area contributed by atoms with Gasteiger partial charge in [-0.2, -0.15) is 0 Å². The molecule has 0 bridgehead atoms. The Morgan fingerprint density at radius 2 is 1.62 bits per heavy atom. The zero-order valence-corrected chi connectivity index (χ0v) is 23.6. The smallest absolute Gasteiger partial charge is 0.334 e. The summed E-state index contributed by atoms with van der Waals surface area (Å²) in [6.07, 6.45) is 0. The Morgan fingerprint density at radius 3 is 2.24 bits per heavy atom. The molecule has 1 fully saturated rings. The number of methoxy groups -OCH3 is 1. The second-order valence-corrected chi connectivity index (χ2v) is 11.1. The van der Waals surface area contributed by atoms with Gasteiger partial charge in [-0.1, -0.05) is 35.9 Å². The van der Waals surface area contributed by atoms with Crippen LogP contribution in [0.5, 0.6) is 0 Å². The van der Waals surface area contributed by atoms with Crippen LogP contribution in [0.3, 0.4) is 0 Å². The quantitative estimate of drug-likeness (QED) is 0.287. The number of hydrogen-bond acceptors (Lipinski definition) is 6. The molecule has 0 aromatic heterocycles. The van der Waals surface area contributed by atoms with E-state index in [1.54, 1.807) is 11.9 Å². The van der Waals surface area contributed by atoms with Gasteiger partial charge in [0.05, 0.1) is 7.11 Å². The molecule has 8 heteroatoms. The maximum atomic E-state index is 13.3. The molecular weight excluding hydrogens is 506 g/mol. The number of anilines is 1. The molecule has 0 atom stereocenters. The zero-order valence-electron chi connectivity index (χ0n) is 22.0. The highest BCUT2D eigenvalue weighted by molar-refractivity contribution is 8.00. The van der Waals surface area contributed by atoms with Crippen molar-refractivity contribution in [2.45, 2.75) is 38.1 Å². The number of likely N-dealkylation sites (tertiary alicyclic amines) is 1. The van der Waals surface area contributed by atoms with Crippen molar-refractivity contribution < 1.29 is 14.3 Å². The summed E-state index contributed by atoms with van der Waals surface area (Å²) < 4.78 is 8.40. The van der Waals surface area contributed by atoms with E-state index < -0.39 is 11.5 Å². The molecule has 3 aromatic rings. The fraction of sp³-hybridized carbons (Fsp3) is 0.310. The van der Waals surface area contributed by atoms with Crippen molar-refractivity contribution >= 4 is 41.1 Å². The number of halogens is 1. The number of nitrogens with zero attached hydrogens (tertiary/aromatic N) is 1. The maximum absolute atomic E-state index is 13.3. The summed E-state index contributed by atoms with van der Waals surface area (Å²) in [5, 5.41) is 3.72. The lowest BCUT2D eigenvalue weighted by Gasteiger charge is -2.46. The number of rotatable bonds is 7. The summed E-state index contributed by atoms with van der Waals surface area (Å²) in [6, 6.07) is 16.3. The lowest BCUT2D eigenvalue weighted by molar-refractivity contribution is -0.155. The van der Waals surface area contributed by atoms with Crippen molar-refractivity contribution in [3.63, 3.8) is 0 Å². The van der Waals surface area contributed by atoms with Gasteiger partial charge in [0.2, 0.25) is 0 Å². The van der Waals surface area contributed by atoms with Crippen molar-refractivity contribution in [1.29, 1.82) is 0 Å². The summed E-state index contributed by atoms with van der Waals surface area (Å²) >= 11 is 7.79. The molecular formula is C29H32ClN3O3S. The van der Waals surface area contributed by atoms with Gasteiger partial charge < -0.3 is 19.7 Å². The minimum atomic E-state index is -1.00. The first-order valence-corrected chi connectivity index (χ1v) is 13.2. The molecule has 1 saturated heterocycles. The summed E-state index contributed by atoms with van der Waals surface area (Å²) in [5.74, 6) is -0.683. The van der Waals surface area contributed by atoms with Crippen LogP contribution in [-0.4, -0.2) is 49.6 Å². The van der Waals surface area contributed by atoms with E-state index in [4.69, 9.17) is 16.3 Å². The Bertz CT molecular complexity index is 1350. The second-order valence-electron chi connectivity index (χ2n) is 9.84. The predicted octanol–water partition coefficient (Wildman–Crippen LogP) is 5.95. The van der Waals surface area contributed by atoms with Crippen molar-refractivity contribution in [3.8, 4) is 11.1 Å². The molecule has 2 N–H and O–H groups in total. The Balaban J connectivity index is 1.53. The van der Waals surface area contributed by atoms with Crippen molar-refractivity contribution in [1.82, 2.24) is 10.2 Å². The van der Waals surface area contributed by atoms with Crippen molar-refractivity contribution in [3.05, 3.63) is 81.4 Å². The predicted molar refractivity (Wildman–Crippen MR) is 151 cm³/mol. The molecule has 194 valence electrons. The van der Waals surface area contributed by atoms with Gasteiger partial charge in [-0.15, -0.1) is 0 Å². The van der Waals surface area contributed by atoms with Gasteiger partial charge in [-0.3, -0.25) is 4.79 Å². The molecule has 1 aliphatic heterocycles. The van der Waals surface area contributed by atoms with E-state index in [9.17, 15) is 9.59 Å². The molecule has 0 aliphatic carbocycles. The molecule has 4 rings (SSSR count). The van der Waals surface area contributed by atoms with Crippen molar-refractivity contribution in [2.75, 3.05) is 32.0 Å². The van der Waals surface area contributed by atoms with E-state index in [0.29, 0.717) is 18.7 Å². The van der Waals surface area contributed by atoms with Crippen LogP contribution >= 0.6 is 23.5 Å². The van der Waals surface area contributed by atoms with Crippen LogP contribution < -0.4 is 10.0 Å². The number of hydrogen-bond donors (Lipinski definition) is 2. The summed E-state index contributed by atoms with van der Waals surface area (Å²) in [7, 11) is 3.25. The van der Waals surface area contributed by atoms with Crippen LogP contribution in [0, 0.1) is 27.7 Å². The van der Waals surface area contributed by atoms with Crippen LogP contribution in [0.4, 0.5) is 5.69 Å². The van der Waals surface area contributed by atoms with Crippen molar-refractivity contribution in [2.24, 2.45) is 0 Å². The number of carbonyl (C=O) groups is 2. The average Bonchev–Trinajstić information content (AvgIpc) is 2.83. The Kier molecular flexibility index (Phi) is 7.88. The molecule has 3 aromatic carbocycles. The van der Waals surface area contributed by atoms with Crippen LogP contribution in [-0.2, 0) is 9.53 Å². The lowest BCUT2D eigenvalue weighted by atomic mass is 9.88. The summed E-state index contributed by atoms with van der Waals surface area (Å²) in [5.41, 5.74) is 6.47. The molecule has 1 heterocycles. The van der Waals surface area contributed by atoms with E-state index >= 15 is 0 Å². The second kappa shape index (κ2) is 10.8. The number of benzene rings is 3. The zero-order chi connectivity index (χ0) is 26.9. The SMILES string of the molecule is COC(=O)C1(NC(=O)c2c(C)cc(-c3cccc(NSc4cc(C)c(Cl)cc4C)c3)cc2C)CN(C)C1. The standard InChI is InChI=1S/C29H32ClN3O3S/c1-17-13-25(18(2)12-24(17)30)37-32-23-9-7-8-21(14-23)22-10-19(3)26(20(4)11-22)27(34)31-29(28(35)36-6)15-33(5)16-29/h7-14,32H,15-16H2,1-6H3,(H,31,34). The highest BCUT2D eigenvalue weighted by Gasteiger charge is 2.50. The normalized spacial score (nSPS) is 14.6. The van der Waals surface area contributed by atoms with Gasteiger partial charge in [-0.25, -0.2) is 4.79 Å². The van der Waals surface area contributed by atoms with Crippen LogP contribution in [0.1, 0.15) is 32.6 Å². The molecule has 0 unspecified atom stereocenters. The largest absolute Gasteiger partial charge is 0.467 e. The number of aryl methyl sites for hydroxylation is 4. The summed E-state index contributed by atoms with van der Waals surface area (Å²) in [4.78, 5) is 28.7. The number of carbonyl (C=O) groups excluding carboxylic acids is 2. The molecule has 1 amide bonds. The van der Waals surface area contributed by atoms with E-state index in [0.717, 1.165) is 49.0 Å². The molecule has 6 nitrogen and oxygen atoms in total. The fourth-order valence-corrected chi connectivity index (χ4v) is 5.87. The molecule has 1 aliphatic rings. The van der Waals surface area contributed by atoms with Crippen LogP contribution in [0.15, 0.2) is 53.4 Å². The summed E-state index contributed by atoms with van der Waals surface area (Å²) in [6.45, 7) is 8.74. The van der Waals surface area contributed by atoms with E-state index in [2.05, 4.69) is 28.2 Å². The number of nitrogens with one attached hydrogen (secondary N) is 2. The maximum Gasteiger partial charge on any atom is 0.334 e. The molecule has 0 radical (unpaired) electrons. The fourth-order valence-electron chi connectivity index (χ4n) is 4.84. The van der Waals surface area contributed by atoms with Gasteiger partial charge in [0.1, 0.15) is 0 Å². The lowest BCUT2D eigenvalue weighted by Crippen LogP contribution is -2.73. The van der Waals surface area contributed by atoms with Gasteiger partial charge >= 0.3 is 5.97 Å². The Morgan fingerprint density at radius 1 is 0.946 bits per heavy atom. The first-order valence-electron chi connectivity index (χ1n) is 12.0. The Hall–Kier alpha value is -3.00. The number of ether oxygens (including phenoxy) is 1. The number of amides is 1. The average molecular weight is 538 g/mol. The monoisotopic (exact) mass is 537 g/mol. The highest BCUT2D eigenvalue weighted by atomic mass is 35.5. The number of likely N-dealkylation sites (N-methyl/N-ethyl adjacent to an activating group) is 1. The third kappa shape index (κ3) is 5.64. The first-order chi connectivity index (χ1) is 17.5. The molecule has 0 saturated carbocycles. The number of esters is 1. The molecule has 37 heavy (non-hydrogen) atoms. The topological polar surface area (TPSA) is 70.7 Å². The third-order valence-corrected chi connectivity index (χ3v) is 8.10. The Labute approximate surface area is 227 Å². The first kappa shape index (κ1) is 27.0. The van der Waals surface area contributed by atoms with E-state index in [-0.39, 0.29) is 5.91 Å². The van der Waals surface area contributed by atoms with Crippen LogP contribution in [0.25, 0.3) is 11.1 Å². The van der Waals surface area contributed by atoms with E-state index in [1.807, 2.05) is 70.0 Å². The van der Waals surface area contributed by atoms with E-state index in [1.165, 1.54) is 7.11 Å². The van der Waals surface area contributed by atoms with Gasteiger partial charge in [0.15, 0.2) is 5.54 Å². The highest BCUT2D eigenvalue weighted by Crippen LogP contribution is 2.32. The van der Waals surface area contributed by atoms with Gasteiger partial charge in [0, 0.05) is 34.3 Å². The minimum Gasteiger partial charge on any atom is -0.467 e. The molecule has 0 spiro atoms.